The van der Waals surface area contributed by atoms with Gasteiger partial charge in [-0.15, -0.1) is 0 Å². The number of carbonyl (C=O) groups is 1. The second kappa shape index (κ2) is 7.77. The van der Waals surface area contributed by atoms with Gasteiger partial charge >= 0.3 is 0 Å². The SMILES string of the molecule is O=C(NN=Cc1c[nH]c2ccc(Br)cc12)c1ccn(Cc2ccccc2F)n1. The normalized spacial score (nSPS) is 11.4. The van der Waals surface area contributed by atoms with E-state index < -0.39 is 5.91 Å². The van der Waals surface area contributed by atoms with Gasteiger partial charge in [-0.25, -0.2) is 9.82 Å². The molecule has 0 fully saturated rings. The van der Waals surface area contributed by atoms with E-state index in [2.05, 4.69) is 36.5 Å². The number of aromatic amines is 1. The Bertz CT molecular complexity index is 1180. The van der Waals surface area contributed by atoms with Gasteiger partial charge in [0, 0.05) is 38.9 Å². The summed E-state index contributed by atoms with van der Waals surface area (Å²) in [6, 6.07) is 13.9. The molecule has 4 aromatic rings. The van der Waals surface area contributed by atoms with E-state index in [1.54, 1.807) is 36.7 Å². The Morgan fingerprint density at radius 3 is 3.00 bits per heavy atom. The van der Waals surface area contributed by atoms with E-state index in [0.717, 1.165) is 20.9 Å². The molecule has 8 heteroatoms. The maximum absolute atomic E-state index is 13.7. The quantitative estimate of drug-likeness (QED) is 0.363. The van der Waals surface area contributed by atoms with Crippen LogP contribution in [0, 0.1) is 5.82 Å². The molecule has 0 aliphatic carbocycles. The molecule has 140 valence electrons. The number of nitrogens with zero attached hydrogens (tertiary/aromatic N) is 3. The molecular weight excluding hydrogens is 425 g/mol. The van der Waals surface area contributed by atoms with Crippen molar-refractivity contribution in [1.29, 1.82) is 0 Å². The van der Waals surface area contributed by atoms with Crippen molar-refractivity contribution < 1.29 is 9.18 Å². The summed E-state index contributed by atoms with van der Waals surface area (Å²) in [6.07, 6.45) is 5.01. The van der Waals surface area contributed by atoms with Crippen molar-refractivity contribution in [2.24, 2.45) is 5.10 Å². The topological polar surface area (TPSA) is 75.1 Å². The van der Waals surface area contributed by atoms with E-state index in [0.29, 0.717) is 5.56 Å². The van der Waals surface area contributed by atoms with Gasteiger partial charge in [0.05, 0.1) is 12.8 Å². The molecule has 0 saturated carbocycles. The largest absolute Gasteiger partial charge is 0.361 e. The number of amides is 1. The van der Waals surface area contributed by atoms with Crippen LogP contribution in [0.25, 0.3) is 10.9 Å². The predicted molar refractivity (Wildman–Crippen MR) is 109 cm³/mol. The van der Waals surface area contributed by atoms with Crippen LogP contribution in [0.3, 0.4) is 0 Å². The highest BCUT2D eigenvalue weighted by molar-refractivity contribution is 9.10. The third-order valence-electron chi connectivity index (χ3n) is 4.21. The van der Waals surface area contributed by atoms with Crippen LogP contribution in [-0.2, 0) is 6.54 Å². The van der Waals surface area contributed by atoms with Gasteiger partial charge in [0.2, 0.25) is 0 Å². The maximum Gasteiger partial charge on any atom is 0.291 e. The highest BCUT2D eigenvalue weighted by Gasteiger charge is 2.10. The van der Waals surface area contributed by atoms with Gasteiger partial charge in [-0.1, -0.05) is 34.1 Å². The lowest BCUT2D eigenvalue weighted by atomic mass is 10.2. The molecule has 0 bridgehead atoms. The molecule has 0 atom stereocenters. The second-order valence-electron chi connectivity index (χ2n) is 6.12. The first-order valence-electron chi connectivity index (χ1n) is 8.47. The summed E-state index contributed by atoms with van der Waals surface area (Å²) in [6.45, 7) is 0.243. The van der Waals surface area contributed by atoms with Crippen LogP contribution in [0.15, 0.2) is 70.5 Å². The van der Waals surface area contributed by atoms with Gasteiger partial charge < -0.3 is 4.98 Å². The van der Waals surface area contributed by atoms with Crippen molar-refractivity contribution in [3.8, 4) is 0 Å². The molecule has 0 radical (unpaired) electrons. The van der Waals surface area contributed by atoms with E-state index in [9.17, 15) is 9.18 Å². The number of carbonyl (C=O) groups excluding carboxylic acids is 1. The van der Waals surface area contributed by atoms with Gasteiger partial charge in [0.1, 0.15) is 5.82 Å². The van der Waals surface area contributed by atoms with Crippen LogP contribution in [0.1, 0.15) is 21.6 Å². The first-order chi connectivity index (χ1) is 13.6. The summed E-state index contributed by atoms with van der Waals surface area (Å²) in [5.41, 5.74) is 4.99. The fourth-order valence-corrected chi connectivity index (χ4v) is 3.17. The zero-order chi connectivity index (χ0) is 19.5. The summed E-state index contributed by atoms with van der Waals surface area (Å²) in [4.78, 5) is 15.4. The maximum atomic E-state index is 13.7. The van der Waals surface area contributed by atoms with Gasteiger partial charge in [0.25, 0.3) is 5.91 Å². The van der Waals surface area contributed by atoms with Gasteiger partial charge in [-0.05, 0) is 30.3 Å². The van der Waals surface area contributed by atoms with E-state index in [4.69, 9.17) is 0 Å². The summed E-state index contributed by atoms with van der Waals surface area (Å²) in [7, 11) is 0. The molecule has 2 N–H and O–H groups in total. The Hall–Kier alpha value is -3.26. The number of hydrogen-bond acceptors (Lipinski definition) is 3. The summed E-state index contributed by atoms with van der Waals surface area (Å²) >= 11 is 3.44. The predicted octanol–water partition coefficient (Wildman–Crippen LogP) is 4.08. The zero-order valence-corrected chi connectivity index (χ0v) is 16.1. The molecule has 6 nitrogen and oxygen atoms in total. The van der Waals surface area contributed by atoms with E-state index in [1.807, 2.05) is 24.4 Å². The van der Waals surface area contributed by atoms with Crippen molar-refractivity contribution in [1.82, 2.24) is 20.2 Å². The van der Waals surface area contributed by atoms with Crippen LogP contribution in [-0.4, -0.2) is 26.9 Å². The highest BCUT2D eigenvalue weighted by Crippen LogP contribution is 2.21. The van der Waals surface area contributed by atoms with E-state index >= 15 is 0 Å². The fraction of sp³-hybridized carbons (Fsp3) is 0.0500. The zero-order valence-electron chi connectivity index (χ0n) is 14.6. The number of benzene rings is 2. The van der Waals surface area contributed by atoms with Crippen LogP contribution in [0.5, 0.6) is 0 Å². The minimum Gasteiger partial charge on any atom is -0.361 e. The van der Waals surface area contributed by atoms with Gasteiger partial charge in [0.15, 0.2) is 5.69 Å². The van der Waals surface area contributed by atoms with Crippen LogP contribution in [0.2, 0.25) is 0 Å². The summed E-state index contributed by atoms with van der Waals surface area (Å²) in [5, 5.41) is 9.17. The smallest absolute Gasteiger partial charge is 0.291 e. The number of H-pyrrole nitrogens is 1. The van der Waals surface area contributed by atoms with Crippen molar-refractivity contribution in [3.63, 3.8) is 0 Å². The Morgan fingerprint density at radius 2 is 2.14 bits per heavy atom. The number of halogens is 2. The number of fused-ring (bicyclic) bond motifs is 1. The number of aromatic nitrogens is 3. The molecule has 0 aliphatic heterocycles. The standard InChI is InChI=1S/C20H15BrFN5O/c21-15-5-6-18-16(9-15)14(10-23-18)11-24-25-20(28)19-7-8-27(26-19)12-13-3-1-2-4-17(13)22/h1-11,23H,12H2,(H,25,28). The third kappa shape index (κ3) is 3.86. The summed E-state index contributed by atoms with van der Waals surface area (Å²) in [5.74, 6) is -0.747. The number of rotatable bonds is 5. The number of hydrazone groups is 1. The fourth-order valence-electron chi connectivity index (χ4n) is 2.81. The molecule has 2 aromatic heterocycles. The average Bonchev–Trinajstić information content (AvgIpc) is 3.31. The molecular formula is C20H15BrFN5O. The highest BCUT2D eigenvalue weighted by atomic mass is 79.9. The van der Waals surface area contributed by atoms with Gasteiger partial charge in [-0.3, -0.25) is 9.48 Å². The average molecular weight is 440 g/mol. The van der Waals surface area contributed by atoms with Crippen molar-refractivity contribution in [2.75, 3.05) is 0 Å². The number of nitrogens with one attached hydrogen (secondary N) is 2. The minimum absolute atomic E-state index is 0.204. The molecule has 28 heavy (non-hydrogen) atoms. The second-order valence-corrected chi connectivity index (χ2v) is 7.04. The van der Waals surface area contributed by atoms with Crippen LogP contribution in [0.4, 0.5) is 4.39 Å². The molecule has 2 heterocycles. The van der Waals surface area contributed by atoms with E-state index in [-0.39, 0.29) is 18.1 Å². The lowest BCUT2D eigenvalue weighted by Crippen LogP contribution is -2.18. The minimum atomic E-state index is -0.440. The van der Waals surface area contributed by atoms with Crippen LogP contribution >= 0.6 is 15.9 Å². The van der Waals surface area contributed by atoms with Crippen LogP contribution < -0.4 is 5.43 Å². The first kappa shape index (κ1) is 18.1. The Labute approximate surface area is 168 Å². The number of hydrogen-bond donors (Lipinski definition) is 2. The molecule has 0 saturated heterocycles. The Balaban J connectivity index is 1.42. The molecule has 0 aliphatic rings. The van der Waals surface area contributed by atoms with Crippen molar-refractivity contribution in [3.05, 3.63) is 88.0 Å². The lowest BCUT2D eigenvalue weighted by molar-refractivity contribution is 0.0949. The molecule has 2 aromatic carbocycles. The van der Waals surface area contributed by atoms with Gasteiger partial charge in [-0.2, -0.15) is 10.2 Å². The third-order valence-corrected chi connectivity index (χ3v) is 4.70. The van der Waals surface area contributed by atoms with E-state index in [1.165, 1.54) is 10.7 Å². The van der Waals surface area contributed by atoms with Crippen molar-refractivity contribution in [2.45, 2.75) is 6.54 Å². The molecule has 0 unspecified atom stereocenters. The first-order valence-corrected chi connectivity index (χ1v) is 9.26. The van der Waals surface area contributed by atoms with Crippen molar-refractivity contribution >= 4 is 39.0 Å². The molecule has 4 rings (SSSR count). The summed E-state index contributed by atoms with van der Waals surface area (Å²) < 4.78 is 16.2. The molecule has 0 spiro atoms. The molecule has 1 amide bonds. The lowest BCUT2D eigenvalue weighted by Gasteiger charge is -2.03. The Kier molecular flexibility index (Phi) is 5.03. The monoisotopic (exact) mass is 439 g/mol. The Morgan fingerprint density at radius 1 is 1.29 bits per heavy atom.